The van der Waals surface area contributed by atoms with E-state index >= 15 is 0 Å². The molecule has 0 saturated heterocycles. The number of benzene rings is 1. The average Bonchev–Trinajstić information content (AvgIpc) is 3.26. The molecule has 1 aromatic rings. The van der Waals surface area contributed by atoms with Crippen LogP contribution >= 0.6 is 0 Å². The number of nitrogens with one attached hydrogen (secondary N) is 2. The van der Waals surface area contributed by atoms with E-state index in [1.807, 2.05) is 6.07 Å². The van der Waals surface area contributed by atoms with Gasteiger partial charge in [-0.1, -0.05) is 25.8 Å². The average molecular weight is 274 g/mol. The van der Waals surface area contributed by atoms with Crippen molar-refractivity contribution in [1.29, 1.82) is 0 Å². The SMILES string of the molecule is CCCNC(CC1CC1)c1ccc2c(c1)NC(=O)CO2. The fraction of sp³-hybridized carbons (Fsp3) is 0.562. The molecular formula is C16H22N2O2. The highest BCUT2D eigenvalue weighted by Gasteiger charge is 2.27. The molecular weight excluding hydrogens is 252 g/mol. The maximum absolute atomic E-state index is 11.4. The van der Waals surface area contributed by atoms with Gasteiger partial charge >= 0.3 is 0 Å². The van der Waals surface area contributed by atoms with E-state index in [-0.39, 0.29) is 12.5 Å². The van der Waals surface area contributed by atoms with Crippen molar-refractivity contribution in [3.8, 4) is 5.75 Å². The lowest BCUT2D eigenvalue weighted by molar-refractivity contribution is -0.118. The summed E-state index contributed by atoms with van der Waals surface area (Å²) in [5.74, 6) is 1.56. The van der Waals surface area contributed by atoms with Crippen molar-refractivity contribution in [2.24, 2.45) is 5.92 Å². The topological polar surface area (TPSA) is 50.4 Å². The lowest BCUT2D eigenvalue weighted by Gasteiger charge is -2.23. The van der Waals surface area contributed by atoms with Gasteiger partial charge in [-0.2, -0.15) is 0 Å². The molecule has 1 fully saturated rings. The highest BCUT2D eigenvalue weighted by atomic mass is 16.5. The van der Waals surface area contributed by atoms with Gasteiger partial charge in [0.2, 0.25) is 0 Å². The normalized spacial score (nSPS) is 18.9. The van der Waals surface area contributed by atoms with Crippen LogP contribution in [0.3, 0.4) is 0 Å². The zero-order chi connectivity index (χ0) is 13.9. The first-order valence-corrected chi connectivity index (χ1v) is 7.56. The van der Waals surface area contributed by atoms with E-state index in [9.17, 15) is 4.79 Å². The van der Waals surface area contributed by atoms with Crippen LogP contribution in [-0.2, 0) is 4.79 Å². The first-order valence-electron chi connectivity index (χ1n) is 7.56. The minimum Gasteiger partial charge on any atom is -0.482 e. The van der Waals surface area contributed by atoms with Crippen LogP contribution in [0, 0.1) is 5.92 Å². The summed E-state index contributed by atoms with van der Waals surface area (Å²) in [4.78, 5) is 11.4. The largest absolute Gasteiger partial charge is 0.482 e. The van der Waals surface area contributed by atoms with E-state index in [4.69, 9.17) is 4.74 Å². The molecule has 4 heteroatoms. The summed E-state index contributed by atoms with van der Waals surface area (Å²) in [7, 11) is 0. The Labute approximate surface area is 119 Å². The standard InChI is InChI=1S/C16H22N2O2/c1-2-7-17-13(8-11-3-4-11)12-5-6-15-14(9-12)18-16(19)10-20-15/h5-6,9,11,13,17H,2-4,7-8,10H2,1H3,(H,18,19). The second-order valence-corrected chi connectivity index (χ2v) is 5.78. The van der Waals surface area contributed by atoms with Gasteiger partial charge in [0.05, 0.1) is 5.69 Å². The highest BCUT2D eigenvalue weighted by molar-refractivity contribution is 5.95. The van der Waals surface area contributed by atoms with E-state index in [2.05, 4.69) is 29.7 Å². The van der Waals surface area contributed by atoms with Crippen LogP contribution in [-0.4, -0.2) is 19.1 Å². The molecule has 2 N–H and O–H groups in total. The van der Waals surface area contributed by atoms with Crippen LogP contribution < -0.4 is 15.4 Å². The molecule has 1 unspecified atom stereocenters. The van der Waals surface area contributed by atoms with Crippen molar-refractivity contribution in [3.63, 3.8) is 0 Å². The molecule has 4 nitrogen and oxygen atoms in total. The van der Waals surface area contributed by atoms with Crippen molar-refractivity contribution in [2.45, 2.75) is 38.6 Å². The van der Waals surface area contributed by atoms with Crippen LogP contribution in [0.4, 0.5) is 5.69 Å². The van der Waals surface area contributed by atoms with Gasteiger partial charge in [0.15, 0.2) is 6.61 Å². The van der Waals surface area contributed by atoms with E-state index < -0.39 is 0 Å². The molecule has 1 amide bonds. The van der Waals surface area contributed by atoms with Gasteiger partial charge in [-0.25, -0.2) is 0 Å². The second-order valence-electron chi connectivity index (χ2n) is 5.78. The van der Waals surface area contributed by atoms with Gasteiger partial charge < -0.3 is 15.4 Å². The molecule has 1 heterocycles. The predicted octanol–water partition coefficient (Wildman–Crippen LogP) is 2.86. The zero-order valence-electron chi connectivity index (χ0n) is 11.9. The summed E-state index contributed by atoms with van der Waals surface area (Å²) in [6.45, 7) is 3.32. The fourth-order valence-corrected chi connectivity index (χ4v) is 2.66. The van der Waals surface area contributed by atoms with Crippen molar-refractivity contribution in [3.05, 3.63) is 23.8 Å². The molecule has 1 aliphatic heterocycles. The van der Waals surface area contributed by atoms with Crippen molar-refractivity contribution < 1.29 is 9.53 Å². The Morgan fingerprint density at radius 3 is 3.05 bits per heavy atom. The van der Waals surface area contributed by atoms with E-state index in [1.165, 1.54) is 24.8 Å². The summed E-state index contributed by atoms with van der Waals surface area (Å²) in [6, 6.07) is 6.53. The number of fused-ring (bicyclic) bond motifs is 1. The maximum Gasteiger partial charge on any atom is 0.262 e. The summed E-state index contributed by atoms with van der Waals surface area (Å²) in [6.07, 6.45) is 5.03. The Balaban J connectivity index is 1.78. The minimum atomic E-state index is -0.0742. The minimum absolute atomic E-state index is 0.0742. The van der Waals surface area contributed by atoms with Crippen molar-refractivity contribution in [2.75, 3.05) is 18.5 Å². The Morgan fingerprint density at radius 1 is 1.45 bits per heavy atom. The van der Waals surface area contributed by atoms with Crippen LogP contribution in [0.5, 0.6) is 5.75 Å². The Morgan fingerprint density at radius 2 is 2.30 bits per heavy atom. The number of amides is 1. The molecule has 0 bridgehead atoms. The van der Waals surface area contributed by atoms with Crippen LogP contribution in [0.25, 0.3) is 0 Å². The van der Waals surface area contributed by atoms with Crippen LogP contribution in [0.15, 0.2) is 18.2 Å². The number of carbonyl (C=O) groups excluding carboxylic acids is 1. The molecule has 0 aromatic heterocycles. The second kappa shape index (κ2) is 5.83. The molecule has 2 aliphatic rings. The van der Waals surface area contributed by atoms with Gasteiger partial charge in [0.25, 0.3) is 5.91 Å². The summed E-state index contributed by atoms with van der Waals surface area (Å²) < 4.78 is 5.41. The predicted molar refractivity (Wildman–Crippen MR) is 78.9 cm³/mol. The van der Waals surface area contributed by atoms with Crippen molar-refractivity contribution in [1.82, 2.24) is 5.32 Å². The molecule has 20 heavy (non-hydrogen) atoms. The number of anilines is 1. The lowest BCUT2D eigenvalue weighted by Crippen LogP contribution is -2.26. The van der Waals surface area contributed by atoms with Gasteiger partial charge in [-0.15, -0.1) is 0 Å². The molecule has 3 rings (SSSR count). The van der Waals surface area contributed by atoms with Crippen LogP contribution in [0.2, 0.25) is 0 Å². The third kappa shape index (κ3) is 3.12. The Kier molecular flexibility index (Phi) is 3.92. The molecule has 1 atom stereocenters. The van der Waals surface area contributed by atoms with Gasteiger partial charge in [0.1, 0.15) is 5.75 Å². The maximum atomic E-state index is 11.4. The molecule has 1 aliphatic carbocycles. The van der Waals surface area contributed by atoms with Gasteiger partial charge in [0, 0.05) is 6.04 Å². The van der Waals surface area contributed by atoms with Gasteiger partial charge in [-0.05, 0) is 43.0 Å². The van der Waals surface area contributed by atoms with Crippen LogP contribution in [0.1, 0.15) is 44.2 Å². The van der Waals surface area contributed by atoms with E-state index in [0.29, 0.717) is 6.04 Å². The Hall–Kier alpha value is -1.55. The number of hydrogen-bond acceptors (Lipinski definition) is 3. The van der Waals surface area contributed by atoms with Crippen molar-refractivity contribution >= 4 is 11.6 Å². The van der Waals surface area contributed by atoms with Gasteiger partial charge in [-0.3, -0.25) is 4.79 Å². The zero-order valence-corrected chi connectivity index (χ0v) is 11.9. The monoisotopic (exact) mass is 274 g/mol. The fourth-order valence-electron chi connectivity index (χ4n) is 2.66. The third-order valence-corrected chi connectivity index (χ3v) is 3.95. The number of ether oxygens (including phenoxy) is 1. The third-order valence-electron chi connectivity index (χ3n) is 3.95. The summed E-state index contributed by atoms with van der Waals surface area (Å²) in [5, 5.41) is 6.51. The Bertz CT molecular complexity index is 497. The smallest absolute Gasteiger partial charge is 0.262 e. The summed E-state index contributed by atoms with van der Waals surface area (Å²) >= 11 is 0. The van der Waals surface area contributed by atoms with E-state index in [0.717, 1.165) is 30.3 Å². The molecule has 0 spiro atoms. The number of carbonyl (C=O) groups is 1. The molecule has 0 radical (unpaired) electrons. The molecule has 1 saturated carbocycles. The molecule has 1 aromatic carbocycles. The van der Waals surface area contributed by atoms with E-state index in [1.54, 1.807) is 0 Å². The molecule has 108 valence electrons. The number of hydrogen-bond donors (Lipinski definition) is 2. The number of rotatable bonds is 6. The lowest BCUT2D eigenvalue weighted by atomic mass is 9.99. The quantitative estimate of drug-likeness (QED) is 0.838. The summed E-state index contributed by atoms with van der Waals surface area (Å²) in [5.41, 5.74) is 2.05. The first kappa shape index (κ1) is 13.4. The first-order chi connectivity index (χ1) is 9.76. The highest BCUT2D eigenvalue weighted by Crippen LogP contribution is 2.39.